The summed E-state index contributed by atoms with van der Waals surface area (Å²) in [7, 11) is 3.38. The fraction of sp³-hybridized carbons (Fsp3) is 0.611. The van der Waals surface area contributed by atoms with Gasteiger partial charge in [0.1, 0.15) is 5.82 Å². The molecule has 0 spiro atoms. The first-order valence-electron chi connectivity index (χ1n) is 8.56. The molecule has 1 saturated heterocycles. The largest absolute Gasteiger partial charge is 0.378 e. The van der Waals surface area contributed by atoms with Crippen LogP contribution in [0.1, 0.15) is 19.4 Å². The second-order valence-corrected chi connectivity index (χ2v) is 6.63. The highest BCUT2D eigenvalue weighted by Crippen LogP contribution is 2.21. The minimum absolute atomic E-state index is 0. The highest BCUT2D eigenvalue weighted by Gasteiger charge is 2.17. The van der Waals surface area contributed by atoms with Gasteiger partial charge in [0.15, 0.2) is 5.96 Å². The summed E-state index contributed by atoms with van der Waals surface area (Å²) in [6.07, 6.45) is 0. The van der Waals surface area contributed by atoms with E-state index >= 15 is 0 Å². The number of hydrogen-bond donors (Lipinski definition) is 2. The molecule has 0 saturated carbocycles. The molecule has 2 rings (SSSR count). The van der Waals surface area contributed by atoms with E-state index in [1.54, 1.807) is 20.2 Å². The molecule has 1 aliphatic heterocycles. The summed E-state index contributed by atoms with van der Waals surface area (Å²) in [6, 6.07) is 5.35. The number of hydrogen-bond acceptors (Lipinski definition) is 4. The molecule has 26 heavy (non-hydrogen) atoms. The van der Waals surface area contributed by atoms with Crippen molar-refractivity contribution < 1.29 is 13.9 Å². The predicted molar refractivity (Wildman–Crippen MR) is 114 cm³/mol. The second-order valence-electron chi connectivity index (χ2n) is 6.63. The maximum absolute atomic E-state index is 14.4. The molecule has 0 atom stereocenters. The number of aliphatic imine (C=N–C) groups is 1. The fourth-order valence-corrected chi connectivity index (χ4v) is 2.50. The maximum Gasteiger partial charge on any atom is 0.191 e. The molecular weight excluding hydrogens is 450 g/mol. The Morgan fingerprint density at radius 1 is 1.31 bits per heavy atom. The van der Waals surface area contributed by atoms with Crippen molar-refractivity contribution in [2.24, 2.45) is 4.99 Å². The van der Waals surface area contributed by atoms with E-state index in [4.69, 9.17) is 9.47 Å². The van der Waals surface area contributed by atoms with Gasteiger partial charge in [0, 0.05) is 40.3 Å². The van der Waals surface area contributed by atoms with Crippen LogP contribution in [-0.2, 0) is 16.0 Å². The topological polar surface area (TPSA) is 58.1 Å². The summed E-state index contributed by atoms with van der Waals surface area (Å²) < 4.78 is 25.1. The van der Waals surface area contributed by atoms with Crippen molar-refractivity contribution in [3.63, 3.8) is 0 Å². The first kappa shape index (κ1) is 22.9. The summed E-state index contributed by atoms with van der Waals surface area (Å²) >= 11 is 0. The van der Waals surface area contributed by atoms with E-state index in [2.05, 4.69) is 15.6 Å². The van der Waals surface area contributed by atoms with Crippen molar-refractivity contribution in [3.05, 3.63) is 29.6 Å². The Kier molecular flexibility index (Phi) is 9.59. The van der Waals surface area contributed by atoms with E-state index in [-0.39, 0.29) is 35.4 Å². The van der Waals surface area contributed by atoms with Gasteiger partial charge < -0.3 is 25.0 Å². The van der Waals surface area contributed by atoms with Gasteiger partial charge >= 0.3 is 0 Å². The molecular formula is C18H30FIN4O2. The Hall–Kier alpha value is -1.13. The summed E-state index contributed by atoms with van der Waals surface area (Å²) in [5.41, 5.74) is 1.21. The number of morpholine rings is 1. The van der Waals surface area contributed by atoms with Crippen molar-refractivity contribution in [1.82, 2.24) is 10.6 Å². The predicted octanol–water partition coefficient (Wildman–Crippen LogP) is 2.37. The Bertz CT molecular complexity index is 593. The molecule has 0 bridgehead atoms. The molecule has 1 fully saturated rings. The van der Waals surface area contributed by atoms with Gasteiger partial charge in [0.2, 0.25) is 0 Å². The Labute approximate surface area is 172 Å². The lowest BCUT2D eigenvalue weighted by Gasteiger charge is -2.29. The molecule has 0 amide bonds. The van der Waals surface area contributed by atoms with E-state index in [9.17, 15) is 4.39 Å². The van der Waals surface area contributed by atoms with E-state index in [1.165, 1.54) is 0 Å². The van der Waals surface area contributed by atoms with Gasteiger partial charge in [0.05, 0.1) is 24.5 Å². The van der Waals surface area contributed by atoms with Gasteiger partial charge in [-0.15, -0.1) is 24.0 Å². The number of nitrogens with zero attached hydrogens (tertiary/aromatic N) is 2. The second kappa shape index (κ2) is 10.9. The average molecular weight is 480 g/mol. The van der Waals surface area contributed by atoms with Crippen LogP contribution >= 0.6 is 24.0 Å². The molecule has 1 aromatic carbocycles. The lowest BCUT2D eigenvalue weighted by Crippen LogP contribution is -2.45. The molecule has 6 nitrogen and oxygen atoms in total. The van der Waals surface area contributed by atoms with Crippen LogP contribution in [0.5, 0.6) is 0 Å². The Morgan fingerprint density at radius 2 is 2.00 bits per heavy atom. The molecule has 0 unspecified atom stereocenters. The minimum Gasteiger partial charge on any atom is -0.378 e. The zero-order chi connectivity index (χ0) is 18.3. The van der Waals surface area contributed by atoms with Gasteiger partial charge in [-0.1, -0.05) is 6.07 Å². The van der Waals surface area contributed by atoms with Crippen LogP contribution in [0.25, 0.3) is 0 Å². The van der Waals surface area contributed by atoms with E-state index in [1.807, 2.05) is 30.9 Å². The normalized spacial score (nSPS) is 15.4. The van der Waals surface area contributed by atoms with Crippen LogP contribution in [0.3, 0.4) is 0 Å². The van der Waals surface area contributed by atoms with E-state index < -0.39 is 0 Å². The number of benzene rings is 1. The van der Waals surface area contributed by atoms with E-state index in [0.29, 0.717) is 38.0 Å². The highest BCUT2D eigenvalue weighted by atomic mass is 127. The average Bonchev–Trinajstić information content (AvgIpc) is 2.62. The quantitative estimate of drug-likeness (QED) is 0.372. The molecule has 1 heterocycles. The van der Waals surface area contributed by atoms with E-state index in [0.717, 1.165) is 18.7 Å². The zero-order valence-corrected chi connectivity index (χ0v) is 18.3. The SMILES string of the molecule is CN=C(NCc1ccc(N2CCOCC2)c(F)c1)NCC(C)(C)OC.I. The van der Waals surface area contributed by atoms with Crippen molar-refractivity contribution in [2.45, 2.75) is 26.0 Å². The molecule has 0 aromatic heterocycles. The molecule has 2 N–H and O–H groups in total. The molecule has 148 valence electrons. The van der Waals surface area contributed by atoms with Crippen molar-refractivity contribution >= 4 is 35.6 Å². The number of nitrogens with one attached hydrogen (secondary N) is 2. The summed E-state index contributed by atoms with van der Waals surface area (Å²) in [4.78, 5) is 6.19. The molecule has 0 radical (unpaired) electrons. The zero-order valence-electron chi connectivity index (χ0n) is 16.0. The maximum atomic E-state index is 14.4. The smallest absolute Gasteiger partial charge is 0.191 e. The number of rotatable bonds is 6. The van der Waals surface area contributed by atoms with Gasteiger partial charge in [-0.2, -0.15) is 0 Å². The molecule has 1 aromatic rings. The number of methoxy groups -OCH3 is 1. The number of halogens is 2. The van der Waals surface area contributed by atoms with Crippen molar-refractivity contribution in [3.8, 4) is 0 Å². The first-order chi connectivity index (χ1) is 11.9. The van der Waals surface area contributed by atoms with Gasteiger partial charge in [-0.05, 0) is 31.5 Å². The van der Waals surface area contributed by atoms with Gasteiger partial charge in [-0.25, -0.2) is 4.39 Å². The van der Waals surface area contributed by atoms with Gasteiger partial charge in [-0.3, -0.25) is 4.99 Å². The highest BCUT2D eigenvalue weighted by molar-refractivity contribution is 14.0. The number of guanidine groups is 1. The third kappa shape index (κ3) is 6.88. The minimum atomic E-state index is -0.288. The summed E-state index contributed by atoms with van der Waals surface area (Å²) in [5, 5.41) is 6.40. The van der Waals surface area contributed by atoms with Crippen LogP contribution in [0.2, 0.25) is 0 Å². The van der Waals surface area contributed by atoms with Gasteiger partial charge in [0.25, 0.3) is 0 Å². The molecule has 8 heteroatoms. The fourth-order valence-electron chi connectivity index (χ4n) is 2.50. The van der Waals surface area contributed by atoms with Crippen LogP contribution in [0, 0.1) is 5.82 Å². The first-order valence-corrected chi connectivity index (χ1v) is 8.56. The number of ether oxygens (including phenoxy) is 2. The third-order valence-electron chi connectivity index (χ3n) is 4.28. The lowest BCUT2D eigenvalue weighted by atomic mass is 10.1. The third-order valence-corrected chi connectivity index (χ3v) is 4.28. The Balaban J connectivity index is 0.00000338. The van der Waals surface area contributed by atoms with Crippen molar-refractivity contribution in [1.29, 1.82) is 0 Å². The number of anilines is 1. The summed E-state index contributed by atoms with van der Waals surface area (Å²) in [5.74, 6) is 0.451. The van der Waals surface area contributed by atoms with Crippen LogP contribution in [-0.4, -0.2) is 58.6 Å². The standard InChI is InChI=1S/C18H29FN4O2.HI/c1-18(2,24-4)13-22-17(20-3)21-12-14-5-6-16(15(19)11-14)23-7-9-25-10-8-23;/h5-6,11H,7-10,12-13H2,1-4H3,(H2,20,21,22);1H. The monoisotopic (exact) mass is 480 g/mol. The van der Waals surface area contributed by atoms with Crippen LogP contribution in [0.4, 0.5) is 10.1 Å². The van der Waals surface area contributed by atoms with Crippen molar-refractivity contribution in [2.75, 3.05) is 51.9 Å². The molecule has 1 aliphatic rings. The van der Waals surface area contributed by atoms with Crippen LogP contribution < -0.4 is 15.5 Å². The lowest BCUT2D eigenvalue weighted by molar-refractivity contribution is 0.0268. The summed E-state index contributed by atoms with van der Waals surface area (Å²) in [6.45, 7) is 7.83. The Morgan fingerprint density at radius 3 is 2.58 bits per heavy atom. The van der Waals surface area contributed by atoms with Crippen LogP contribution in [0.15, 0.2) is 23.2 Å². The molecule has 0 aliphatic carbocycles.